The van der Waals surface area contributed by atoms with Gasteiger partial charge in [-0.2, -0.15) is 0 Å². The topological polar surface area (TPSA) is 58.9 Å². The fourth-order valence-corrected chi connectivity index (χ4v) is 1.77. The first-order valence-electron chi connectivity index (χ1n) is 5.92. The normalized spacial score (nSPS) is 19.3. The lowest BCUT2D eigenvalue weighted by atomic mass is 9.87. The molecule has 4 nitrogen and oxygen atoms in total. The molecule has 1 unspecified atom stereocenters. The number of carboxylic acids is 1. The predicted molar refractivity (Wildman–Crippen MR) is 69.1 cm³/mol. The molecule has 0 spiro atoms. The van der Waals surface area contributed by atoms with Crippen molar-refractivity contribution in [1.29, 1.82) is 0 Å². The number of ether oxygens (including phenoxy) is 1. The number of nitrogens with zero attached hydrogens (tertiary/aromatic N) is 1. The van der Waals surface area contributed by atoms with Gasteiger partial charge in [-0.25, -0.2) is 9.79 Å². The van der Waals surface area contributed by atoms with Gasteiger partial charge < -0.3 is 9.84 Å². The van der Waals surface area contributed by atoms with Gasteiger partial charge in [0, 0.05) is 5.56 Å². The Hall–Kier alpha value is -1.84. The molecule has 4 heteroatoms. The van der Waals surface area contributed by atoms with Crippen molar-refractivity contribution < 1.29 is 14.6 Å². The van der Waals surface area contributed by atoms with Crippen molar-refractivity contribution in [2.45, 2.75) is 32.2 Å². The molecule has 0 fully saturated rings. The second-order valence-corrected chi connectivity index (χ2v) is 5.43. The minimum absolute atomic E-state index is 0.0977. The zero-order chi connectivity index (χ0) is 13.3. The van der Waals surface area contributed by atoms with Crippen LogP contribution in [0, 0.1) is 0 Å². The van der Waals surface area contributed by atoms with Crippen LogP contribution in [0.25, 0.3) is 0 Å². The highest BCUT2D eigenvalue weighted by atomic mass is 16.5. The van der Waals surface area contributed by atoms with E-state index >= 15 is 0 Å². The molecule has 0 aliphatic carbocycles. The molecule has 96 valence electrons. The second-order valence-electron chi connectivity index (χ2n) is 5.43. The quantitative estimate of drug-likeness (QED) is 0.871. The molecule has 0 aromatic heterocycles. The number of aliphatic imine (C=N–C) groups is 1. The predicted octanol–water partition coefficient (Wildman–Crippen LogP) is 2.21. The third-order valence-corrected chi connectivity index (χ3v) is 2.93. The second kappa shape index (κ2) is 4.44. The molecule has 0 saturated heterocycles. The first-order chi connectivity index (χ1) is 8.38. The molecule has 1 N–H and O–H groups in total. The average Bonchev–Trinajstić information content (AvgIpc) is 2.77. The van der Waals surface area contributed by atoms with E-state index in [1.165, 1.54) is 5.56 Å². The molecular weight excluding hydrogens is 230 g/mol. The van der Waals surface area contributed by atoms with Gasteiger partial charge in [-0.05, 0) is 23.1 Å². The third-order valence-electron chi connectivity index (χ3n) is 2.93. The van der Waals surface area contributed by atoms with Crippen molar-refractivity contribution in [1.82, 2.24) is 0 Å². The number of carboxylic acid groups (broad SMARTS) is 1. The van der Waals surface area contributed by atoms with E-state index in [4.69, 9.17) is 9.84 Å². The smallest absolute Gasteiger partial charge is 0.332 e. The molecule has 1 aliphatic rings. The maximum absolute atomic E-state index is 10.8. The van der Waals surface area contributed by atoms with E-state index in [-0.39, 0.29) is 12.0 Å². The van der Waals surface area contributed by atoms with Crippen LogP contribution in [-0.2, 0) is 14.9 Å². The van der Waals surface area contributed by atoms with Crippen molar-refractivity contribution >= 4 is 11.9 Å². The standard InChI is InChI=1S/C14H17NO3/c1-14(2,3)10-6-4-9(5-7-10)12-15-11(8-18-12)13(16)17/h4-7,11H,8H2,1-3H3,(H,16,17). The van der Waals surface area contributed by atoms with Gasteiger partial charge in [0.05, 0.1) is 0 Å². The Bertz CT molecular complexity index is 483. The lowest BCUT2D eigenvalue weighted by Gasteiger charge is -2.19. The largest absolute Gasteiger partial charge is 0.480 e. The van der Waals surface area contributed by atoms with Crippen LogP contribution >= 0.6 is 0 Å². The fraction of sp³-hybridized carbons (Fsp3) is 0.429. The van der Waals surface area contributed by atoms with E-state index in [1.807, 2.05) is 24.3 Å². The van der Waals surface area contributed by atoms with Gasteiger partial charge >= 0.3 is 5.97 Å². The van der Waals surface area contributed by atoms with Gasteiger partial charge in [-0.15, -0.1) is 0 Å². The van der Waals surface area contributed by atoms with E-state index in [0.29, 0.717) is 5.90 Å². The van der Waals surface area contributed by atoms with Crippen molar-refractivity contribution in [2.24, 2.45) is 4.99 Å². The molecule has 1 aromatic carbocycles. The summed E-state index contributed by atoms with van der Waals surface area (Å²) in [7, 11) is 0. The van der Waals surface area contributed by atoms with Crippen molar-refractivity contribution in [3.05, 3.63) is 35.4 Å². The maximum Gasteiger partial charge on any atom is 0.332 e. The van der Waals surface area contributed by atoms with Crippen LogP contribution in [0.3, 0.4) is 0 Å². The summed E-state index contributed by atoms with van der Waals surface area (Å²) in [6.07, 6.45) is 0. The Balaban J connectivity index is 2.21. The van der Waals surface area contributed by atoms with E-state index in [0.717, 1.165) is 5.56 Å². The minimum atomic E-state index is -0.948. The molecule has 0 amide bonds. The van der Waals surface area contributed by atoms with E-state index in [1.54, 1.807) is 0 Å². The van der Waals surface area contributed by atoms with Crippen LogP contribution < -0.4 is 0 Å². The molecule has 0 radical (unpaired) electrons. The van der Waals surface area contributed by atoms with Crippen molar-refractivity contribution in [3.63, 3.8) is 0 Å². The first kappa shape index (κ1) is 12.6. The van der Waals surface area contributed by atoms with Crippen LogP contribution in [0.5, 0.6) is 0 Å². The summed E-state index contributed by atoms with van der Waals surface area (Å²) < 4.78 is 5.31. The van der Waals surface area contributed by atoms with Crippen LogP contribution in [0.2, 0.25) is 0 Å². The Kier molecular flexibility index (Phi) is 3.11. The maximum atomic E-state index is 10.8. The van der Waals surface area contributed by atoms with Gasteiger partial charge in [0.2, 0.25) is 5.90 Å². The third kappa shape index (κ3) is 2.53. The Morgan fingerprint density at radius 1 is 1.33 bits per heavy atom. The number of carbonyl (C=O) groups is 1. The summed E-state index contributed by atoms with van der Waals surface area (Å²) in [6.45, 7) is 6.55. The molecule has 2 rings (SSSR count). The highest BCUT2D eigenvalue weighted by molar-refractivity contribution is 5.97. The SMILES string of the molecule is CC(C)(C)c1ccc(C2=NC(C(=O)O)CO2)cc1. The molecule has 1 aliphatic heterocycles. The Morgan fingerprint density at radius 2 is 1.94 bits per heavy atom. The van der Waals surface area contributed by atoms with E-state index in [9.17, 15) is 4.79 Å². The number of hydrogen-bond donors (Lipinski definition) is 1. The summed E-state index contributed by atoms with van der Waals surface area (Å²) in [5, 5.41) is 8.84. The molecule has 1 atom stereocenters. The van der Waals surface area contributed by atoms with Crippen LogP contribution in [0.1, 0.15) is 31.9 Å². The fourth-order valence-electron chi connectivity index (χ4n) is 1.77. The van der Waals surface area contributed by atoms with Gasteiger partial charge in [-0.1, -0.05) is 32.9 Å². The van der Waals surface area contributed by atoms with Crippen molar-refractivity contribution in [3.8, 4) is 0 Å². The summed E-state index contributed by atoms with van der Waals surface area (Å²) in [6, 6.07) is 7.11. The average molecular weight is 247 g/mol. The Labute approximate surface area is 106 Å². The molecular formula is C14H17NO3. The highest BCUT2D eigenvalue weighted by Crippen LogP contribution is 2.23. The van der Waals surface area contributed by atoms with Gasteiger partial charge in [0.25, 0.3) is 0 Å². The summed E-state index contributed by atoms with van der Waals surface area (Å²) in [4.78, 5) is 14.8. The zero-order valence-electron chi connectivity index (χ0n) is 10.8. The lowest BCUT2D eigenvalue weighted by Crippen LogP contribution is -2.18. The molecule has 0 bridgehead atoms. The van der Waals surface area contributed by atoms with E-state index in [2.05, 4.69) is 25.8 Å². The minimum Gasteiger partial charge on any atom is -0.480 e. The molecule has 1 heterocycles. The summed E-state index contributed by atoms with van der Waals surface area (Å²) >= 11 is 0. The number of aliphatic carboxylic acids is 1. The first-order valence-corrected chi connectivity index (χ1v) is 5.92. The van der Waals surface area contributed by atoms with Crippen LogP contribution in [-0.4, -0.2) is 29.6 Å². The van der Waals surface area contributed by atoms with Gasteiger partial charge in [0.1, 0.15) is 6.61 Å². The number of benzene rings is 1. The summed E-state index contributed by atoms with van der Waals surface area (Å²) in [5.74, 6) is -0.529. The van der Waals surface area contributed by atoms with Crippen molar-refractivity contribution in [2.75, 3.05) is 6.61 Å². The molecule has 18 heavy (non-hydrogen) atoms. The molecule has 1 aromatic rings. The van der Waals surface area contributed by atoms with E-state index < -0.39 is 12.0 Å². The van der Waals surface area contributed by atoms with Gasteiger partial charge in [0.15, 0.2) is 6.04 Å². The lowest BCUT2D eigenvalue weighted by molar-refractivity contribution is -0.138. The van der Waals surface area contributed by atoms with Crippen LogP contribution in [0.15, 0.2) is 29.3 Å². The Morgan fingerprint density at radius 3 is 2.39 bits per heavy atom. The summed E-state index contributed by atoms with van der Waals surface area (Å²) in [5.41, 5.74) is 2.15. The zero-order valence-corrected chi connectivity index (χ0v) is 10.8. The van der Waals surface area contributed by atoms with Crippen LogP contribution in [0.4, 0.5) is 0 Å². The number of hydrogen-bond acceptors (Lipinski definition) is 3. The van der Waals surface area contributed by atoms with Gasteiger partial charge in [-0.3, -0.25) is 0 Å². The molecule has 0 saturated carbocycles. The highest BCUT2D eigenvalue weighted by Gasteiger charge is 2.26. The monoisotopic (exact) mass is 247 g/mol. The number of rotatable bonds is 2.